The van der Waals surface area contributed by atoms with Gasteiger partial charge in [0, 0.05) is 0 Å². The van der Waals surface area contributed by atoms with Crippen LogP contribution in [0.25, 0.3) is 0 Å². The number of nitrogens with one attached hydrogen (secondary N) is 1. The van der Waals surface area contributed by atoms with Gasteiger partial charge in [-0.05, 0) is 47.3 Å². The number of para-hydroxylation sites is 1. The van der Waals surface area contributed by atoms with Crippen LogP contribution in [0.3, 0.4) is 0 Å². The Bertz CT molecular complexity index is 440. The zero-order valence-electron chi connectivity index (χ0n) is 8.05. The molecule has 0 saturated heterocycles. The molecule has 78 valence electrons. The lowest BCUT2D eigenvalue weighted by molar-refractivity contribution is -0.140. The fraction of sp³-hybridized carbons (Fsp3) is 0.364. The van der Waals surface area contributed by atoms with E-state index in [1.807, 2.05) is 18.2 Å². The maximum Gasteiger partial charge on any atom is 0.268 e. The quantitative estimate of drug-likeness (QED) is 0.785. The summed E-state index contributed by atoms with van der Waals surface area (Å²) in [6, 6.07) is 5.65. The summed E-state index contributed by atoms with van der Waals surface area (Å²) in [4.78, 5) is 11.8. The van der Waals surface area contributed by atoms with Crippen molar-refractivity contribution in [3.8, 4) is 5.75 Å². The van der Waals surface area contributed by atoms with Gasteiger partial charge in [-0.15, -0.1) is 0 Å². The molecular weight excluding hydrogens is 258 g/mol. The first-order valence-electron chi connectivity index (χ1n) is 5.00. The maximum absolute atomic E-state index is 11.8. The standard InChI is InChI=1S/C11H10BrNO2/c12-7-3-1-4-8-9(7)15-11(5-2-6-11)10(14)13-8/h1,3-4H,2,5-6H2,(H,13,14). The van der Waals surface area contributed by atoms with Crippen molar-refractivity contribution in [2.45, 2.75) is 24.9 Å². The van der Waals surface area contributed by atoms with E-state index in [2.05, 4.69) is 21.2 Å². The molecule has 1 fully saturated rings. The molecule has 0 atom stereocenters. The molecule has 4 heteroatoms. The van der Waals surface area contributed by atoms with Crippen LogP contribution in [0.4, 0.5) is 5.69 Å². The number of anilines is 1. The smallest absolute Gasteiger partial charge is 0.268 e. The Morgan fingerprint density at radius 3 is 2.87 bits per heavy atom. The van der Waals surface area contributed by atoms with Gasteiger partial charge in [-0.25, -0.2) is 0 Å². The summed E-state index contributed by atoms with van der Waals surface area (Å²) in [7, 11) is 0. The van der Waals surface area contributed by atoms with Gasteiger partial charge in [0.05, 0.1) is 10.2 Å². The lowest BCUT2D eigenvalue weighted by Gasteiger charge is -2.43. The van der Waals surface area contributed by atoms with Gasteiger partial charge < -0.3 is 10.1 Å². The average molecular weight is 268 g/mol. The number of carbonyl (C=O) groups excluding carboxylic acids is 1. The van der Waals surface area contributed by atoms with Gasteiger partial charge in [-0.1, -0.05) is 6.07 Å². The van der Waals surface area contributed by atoms with Crippen LogP contribution in [0.2, 0.25) is 0 Å². The van der Waals surface area contributed by atoms with E-state index in [1.165, 1.54) is 0 Å². The minimum absolute atomic E-state index is 0.000602. The highest BCUT2D eigenvalue weighted by Crippen LogP contribution is 2.46. The second-order valence-electron chi connectivity index (χ2n) is 4.02. The predicted molar refractivity (Wildman–Crippen MR) is 60.0 cm³/mol. The SMILES string of the molecule is O=C1Nc2cccc(Br)c2OC12CCC2. The average Bonchev–Trinajstić information content (AvgIpc) is 2.15. The summed E-state index contributed by atoms with van der Waals surface area (Å²) < 4.78 is 6.73. The minimum atomic E-state index is -0.586. The number of amides is 1. The summed E-state index contributed by atoms with van der Waals surface area (Å²) >= 11 is 3.43. The second kappa shape index (κ2) is 2.98. The molecule has 0 radical (unpaired) electrons. The lowest BCUT2D eigenvalue weighted by Crippen LogP contribution is -2.55. The second-order valence-corrected chi connectivity index (χ2v) is 4.87. The van der Waals surface area contributed by atoms with Crippen LogP contribution >= 0.6 is 15.9 Å². The van der Waals surface area contributed by atoms with E-state index in [-0.39, 0.29) is 5.91 Å². The first-order valence-corrected chi connectivity index (χ1v) is 5.80. The van der Waals surface area contributed by atoms with Crippen LogP contribution in [0.5, 0.6) is 5.75 Å². The Kier molecular flexibility index (Phi) is 1.83. The number of carbonyl (C=O) groups is 1. The fourth-order valence-corrected chi connectivity index (χ4v) is 2.46. The monoisotopic (exact) mass is 267 g/mol. The third-order valence-corrected chi connectivity index (χ3v) is 3.71. The molecule has 1 saturated carbocycles. The van der Waals surface area contributed by atoms with E-state index in [0.717, 1.165) is 35.2 Å². The van der Waals surface area contributed by atoms with Crippen LogP contribution in [0.1, 0.15) is 19.3 Å². The van der Waals surface area contributed by atoms with Crippen molar-refractivity contribution >= 4 is 27.5 Å². The predicted octanol–water partition coefficient (Wildman–Crippen LogP) is 2.70. The number of ether oxygens (including phenoxy) is 1. The summed E-state index contributed by atoms with van der Waals surface area (Å²) in [6.45, 7) is 0. The van der Waals surface area contributed by atoms with E-state index in [1.54, 1.807) is 0 Å². The highest BCUT2D eigenvalue weighted by atomic mass is 79.9. The van der Waals surface area contributed by atoms with Gasteiger partial charge in [0.1, 0.15) is 0 Å². The Balaban J connectivity index is 2.07. The van der Waals surface area contributed by atoms with Crippen LogP contribution in [0, 0.1) is 0 Å². The Morgan fingerprint density at radius 2 is 2.20 bits per heavy atom. The van der Waals surface area contributed by atoms with Gasteiger partial charge in [-0.3, -0.25) is 4.79 Å². The molecule has 0 aromatic heterocycles. The number of hydrogen-bond acceptors (Lipinski definition) is 2. The van der Waals surface area contributed by atoms with E-state index in [0.29, 0.717) is 0 Å². The number of halogens is 1. The highest BCUT2D eigenvalue weighted by molar-refractivity contribution is 9.10. The molecule has 3 nitrogen and oxygen atoms in total. The van der Waals surface area contributed by atoms with Gasteiger partial charge >= 0.3 is 0 Å². The Hall–Kier alpha value is -1.03. The molecule has 15 heavy (non-hydrogen) atoms. The first kappa shape index (κ1) is 9.21. The molecule has 1 amide bonds. The zero-order valence-corrected chi connectivity index (χ0v) is 9.63. The summed E-state index contributed by atoms with van der Waals surface area (Å²) in [5, 5.41) is 2.90. The van der Waals surface area contributed by atoms with Crippen molar-refractivity contribution < 1.29 is 9.53 Å². The van der Waals surface area contributed by atoms with E-state index in [9.17, 15) is 4.79 Å². The van der Waals surface area contributed by atoms with E-state index < -0.39 is 5.60 Å². The van der Waals surface area contributed by atoms with Crippen molar-refractivity contribution in [1.82, 2.24) is 0 Å². The Morgan fingerprint density at radius 1 is 1.40 bits per heavy atom. The van der Waals surface area contributed by atoms with Crippen molar-refractivity contribution in [1.29, 1.82) is 0 Å². The molecule has 1 N–H and O–H groups in total. The molecule has 3 rings (SSSR count). The molecule has 0 bridgehead atoms. The number of fused-ring (bicyclic) bond motifs is 1. The molecule has 2 aliphatic rings. The molecule has 1 spiro atoms. The normalized spacial score (nSPS) is 21.3. The largest absolute Gasteiger partial charge is 0.474 e. The number of benzene rings is 1. The number of rotatable bonds is 0. The molecule has 1 aromatic carbocycles. The lowest BCUT2D eigenvalue weighted by atomic mass is 9.78. The summed E-state index contributed by atoms with van der Waals surface area (Å²) in [5.41, 5.74) is 0.170. The van der Waals surface area contributed by atoms with Crippen molar-refractivity contribution in [3.63, 3.8) is 0 Å². The topological polar surface area (TPSA) is 38.3 Å². The van der Waals surface area contributed by atoms with E-state index >= 15 is 0 Å². The molecule has 1 aromatic rings. The molecule has 1 aliphatic heterocycles. The van der Waals surface area contributed by atoms with Crippen LogP contribution in [-0.4, -0.2) is 11.5 Å². The first-order chi connectivity index (χ1) is 7.21. The molecule has 0 unspecified atom stereocenters. The third-order valence-electron chi connectivity index (χ3n) is 3.09. The van der Waals surface area contributed by atoms with Gasteiger partial charge in [-0.2, -0.15) is 0 Å². The highest BCUT2D eigenvalue weighted by Gasteiger charge is 2.49. The third kappa shape index (κ3) is 1.21. The van der Waals surface area contributed by atoms with Crippen LogP contribution in [0.15, 0.2) is 22.7 Å². The van der Waals surface area contributed by atoms with E-state index in [4.69, 9.17) is 4.74 Å². The molecule has 1 aliphatic carbocycles. The Labute approximate surface area is 95.9 Å². The number of hydrogen-bond donors (Lipinski definition) is 1. The van der Waals surface area contributed by atoms with Gasteiger partial charge in [0.25, 0.3) is 5.91 Å². The zero-order chi connectivity index (χ0) is 10.5. The van der Waals surface area contributed by atoms with Gasteiger partial charge in [0.2, 0.25) is 0 Å². The van der Waals surface area contributed by atoms with Crippen molar-refractivity contribution in [3.05, 3.63) is 22.7 Å². The summed E-state index contributed by atoms with van der Waals surface area (Å²) in [5.74, 6) is 0.760. The minimum Gasteiger partial charge on any atom is -0.474 e. The molecule has 1 heterocycles. The van der Waals surface area contributed by atoms with Crippen LogP contribution < -0.4 is 10.1 Å². The summed E-state index contributed by atoms with van der Waals surface area (Å²) in [6.07, 6.45) is 2.70. The van der Waals surface area contributed by atoms with Crippen molar-refractivity contribution in [2.75, 3.05) is 5.32 Å². The molecular formula is C11H10BrNO2. The maximum atomic E-state index is 11.8. The van der Waals surface area contributed by atoms with Gasteiger partial charge in [0.15, 0.2) is 11.4 Å². The van der Waals surface area contributed by atoms with Crippen LogP contribution in [-0.2, 0) is 4.79 Å². The fourth-order valence-electron chi connectivity index (χ4n) is 2.02. The van der Waals surface area contributed by atoms with Crippen molar-refractivity contribution in [2.24, 2.45) is 0 Å².